The Morgan fingerprint density at radius 2 is 0.622 bits per heavy atom. The van der Waals surface area contributed by atoms with Gasteiger partial charge in [-0.1, -0.05) is 0 Å². The van der Waals surface area contributed by atoms with Crippen LogP contribution in [0.1, 0.15) is 0 Å². The van der Waals surface area contributed by atoms with Crippen molar-refractivity contribution >= 4 is 129 Å². The molecule has 0 aromatic carbocycles. The molecule has 6 atom stereocenters. The Labute approximate surface area is 274 Å². The van der Waals surface area contributed by atoms with Crippen molar-refractivity contribution in [2.45, 2.75) is 34.9 Å². The summed E-state index contributed by atoms with van der Waals surface area (Å²) < 4.78 is 0. The van der Waals surface area contributed by atoms with Crippen molar-refractivity contribution < 1.29 is 20.4 Å². The summed E-state index contributed by atoms with van der Waals surface area (Å²) in [6.07, 6.45) is -1.85. The number of aliphatic hydroxyl groups excluding tert-OH is 4. The molecular weight excluding hydrogens is 695 g/mol. The summed E-state index contributed by atoms with van der Waals surface area (Å²) in [5, 5.41) is 39.8. The predicted octanol–water partition coefficient (Wildman–Crippen LogP) is 5.25. The summed E-state index contributed by atoms with van der Waals surface area (Å²) in [5.41, 5.74) is 0. The first-order valence-corrected chi connectivity index (χ1v) is 21.9. The van der Waals surface area contributed by atoms with E-state index < -0.39 is 24.4 Å². The lowest BCUT2D eigenvalue weighted by Gasteiger charge is -2.24. The van der Waals surface area contributed by atoms with E-state index in [4.69, 9.17) is 46.4 Å². The van der Waals surface area contributed by atoms with Gasteiger partial charge in [0.15, 0.2) is 0 Å². The molecule has 6 unspecified atom stereocenters. The third kappa shape index (κ3) is 26.8. The van der Waals surface area contributed by atoms with E-state index in [0.29, 0.717) is 33.5 Å². The minimum atomic E-state index is -0.483. The van der Waals surface area contributed by atoms with E-state index in [9.17, 15) is 20.4 Å². The van der Waals surface area contributed by atoms with Gasteiger partial charge < -0.3 is 20.4 Å². The molecule has 0 fully saturated rings. The van der Waals surface area contributed by atoms with E-state index >= 15 is 0 Å². The molecule has 0 aliphatic heterocycles. The van der Waals surface area contributed by atoms with E-state index in [1.54, 1.807) is 47.0 Å². The molecule has 0 bridgehead atoms. The van der Waals surface area contributed by atoms with Crippen LogP contribution in [0.25, 0.3) is 0 Å². The molecule has 0 radical (unpaired) electrons. The van der Waals surface area contributed by atoms with Crippen molar-refractivity contribution in [2.24, 2.45) is 0 Å². The van der Waals surface area contributed by atoms with Crippen LogP contribution < -0.4 is 0 Å². The highest BCUT2D eigenvalue weighted by atomic mass is 35.5. The van der Waals surface area contributed by atoms with E-state index in [-0.39, 0.29) is 23.5 Å². The van der Waals surface area contributed by atoms with Gasteiger partial charge in [0, 0.05) is 103 Å². The van der Waals surface area contributed by atoms with Crippen molar-refractivity contribution in [3.05, 3.63) is 0 Å². The zero-order valence-electron chi connectivity index (χ0n) is 20.9. The fourth-order valence-electron chi connectivity index (χ4n) is 2.48. The molecule has 0 spiro atoms. The van der Waals surface area contributed by atoms with Crippen LogP contribution >= 0.6 is 129 Å². The number of aliphatic hydroxyl groups is 4. The Bertz CT molecular complexity index is 458. The summed E-state index contributed by atoms with van der Waals surface area (Å²) >= 11 is 35.7. The smallest absolute Gasteiger partial charge is 0.0765 e. The van der Waals surface area contributed by atoms with Crippen molar-refractivity contribution in [3.63, 3.8) is 0 Å². The van der Waals surface area contributed by atoms with Gasteiger partial charge in [0.1, 0.15) is 0 Å². The Hall–Kier alpha value is 3.45. The molecule has 0 aromatic rings. The average molecular weight is 737 g/mol. The Morgan fingerprint density at radius 3 is 0.919 bits per heavy atom. The number of rotatable bonds is 28. The lowest BCUT2D eigenvalue weighted by molar-refractivity contribution is 0.223. The second kappa shape index (κ2) is 29.5. The monoisotopic (exact) mass is 734 g/mol. The van der Waals surface area contributed by atoms with Crippen LogP contribution in [0.15, 0.2) is 0 Å². The zero-order valence-corrected chi connectivity index (χ0v) is 29.7. The quantitative estimate of drug-likeness (QED) is 0.0629. The lowest BCUT2D eigenvalue weighted by Crippen LogP contribution is -2.23. The number of alkyl halides is 4. The molecule has 4 nitrogen and oxygen atoms in total. The third-order valence-electron chi connectivity index (χ3n) is 4.30. The van der Waals surface area contributed by atoms with E-state index in [1.807, 2.05) is 35.3 Å². The van der Waals surface area contributed by atoms with Crippen LogP contribution in [0.2, 0.25) is 0 Å². The van der Waals surface area contributed by atoms with Gasteiger partial charge >= 0.3 is 0 Å². The maximum Gasteiger partial charge on any atom is 0.0765 e. The molecule has 0 heterocycles. The SMILES string of the molecule is OC(CCl)CSCCSCC(CSCC(O)CCl)SC(CSCCSCC(O)CCl)CSCC(O)CCl. The first kappa shape index (κ1) is 40.5. The van der Waals surface area contributed by atoms with Gasteiger partial charge in [-0.2, -0.15) is 82.3 Å². The summed E-state index contributed by atoms with van der Waals surface area (Å²) in [4.78, 5) is 0. The number of halogens is 4. The van der Waals surface area contributed by atoms with Gasteiger partial charge in [0.2, 0.25) is 0 Å². The average Bonchev–Trinajstić information content (AvgIpc) is 2.91. The molecule has 0 amide bonds. The van der Waals surface area contributed by atoms with Crippen LogP contribution in [0, 0.1) is 0 Å². The highest BCUT2D eigenvalue weighted by molar-refractivity contribution is 8.08. The lowest BCUT2D eigenvalue weighted by atomic mass is 10.5. The molecule has 0 saturated carbocycles. The van der Waals surface area contributed by atoms with Crippen LogP contribution in [-0.4, -0.2) is 148 Å². The van der Waals surface area contributed by atoms with Gasteiger partial charge in [-0.25, -0.2) is 0 Å². The highest BCUT2D eigenvalue weighted by Gasteiger charge is 2.19. The molecular formula is C22H42Cl4O4S7. The molecule has 4 N–H and O–H groups in total. The standard InChI is InChI=1S/C22H42Cl4O4S7/c23-5-17(27)9-31-1-3-33-13-21(15-35-11-19(29)7-25)37-22(16-36-12-20(30)8-26)14-34-4-2-32-10-18(28)6-24/h17-22,27-30H,1-16H2. The van der Waals surface area contributed by atoms with Gasteiger partial charge in [-0.15, -0.1) is 46.4 Å². The second-order valence-electron chi connectivity index (χ2n) is 7.99. The maximum absolute atomic E-state index is 9.86. The molecule has 37 heavy (non-hydrogen) atoms. The molecule has 224 valence electrons. The molecule has 0 rings (SSSR count). The van der Waals surface area contributed by atoms with Crippen molar-refractivity contribution in [2.75, 3.05) is 92.6 Å². The number of thioether (sulfide) groups is 7. The van der Waals surface area contributed by atoms with Crippen LogP contribution in [0.3, 0.4) is 0 Å². The predicted molar refractivity (Wildman–Crippen MR) is 186 cm³/mol. The Morgan fingerprint density at radius 1 is 0.378 bits per heavy atom. The van der Waals surface area contributed by atoms with Crippen LogP contribution in [0.4, 0.5) is 0 Å². The Balaban J connectivity index is 4.74. The maximum atomic E-state index is 9.86. The van der Waals surface area contributed by atoms with Crippen LogP contribution in [0.5, 0.6) is 0 Å². The zero-order chi connectivity index (χ0) is 27.7. The highest BCUT2D eigenvalue weighted by Crippen LogP contribution is 2.30. The summed E-state index contributed by atoms with van der Waals surface area (Å²) in [5.74, 6) is 11.6. The molecule has 0 aliphatic carbocycles. The third-order valence-corrected chi connectivity index (χ3v) is 15.5. The summed E-state index contributed by atoms with van der Waals surface area (Å²) in [7, 11) is 0. The Kier molecular flexibility index (Phi) is 32.3. The number of hydrogen-bond donors (Lipinski definition) is 4. The molecule has 0 saturated heterocycles. The minimum absolute atomic E-state index is 0.254. The second-order valence-corrected chi connectivity index (χ2v) is 17.6. The topological polar surface area (TPSA) is 80.9 Å². The van der Waals surface area contributed by atoms with E-state index in [1.165, 1.54) is 0 Å². The summed E-state index contributed by atoms with van der Waals surface area (Å²) in [6, 6.07) is 0. The van der Waals surface area contributed by atoms with Gasteiger partial charge in [-0.05, 0) is 0 Å². The minimum Gasteiger partial charge on any atom is -0.391 e. The van der Waals surface area contributed by atoms with Crippen LogP contribution in [-0.2, 0) is 0 Å². The molecule has 15 heteroatoms. The first-order valence-electron chi connectivity index (χ1n) is 11.9. The first-order chi connectivity index (χ1) is 17.9. The van der Waals surface area contributed by atoms with E-state index in [2.05, 4.69) is 0 Å². The van der Waals surface area contributed by atoms with Crippen molar-refractivity contribution in [1.29, 1.82) is 0 Å². The van der Waals surface area contributed by atoms with Gasteiger partial charge in [0.25, 0.3) is 0 Å². The fourth-order valence-corrected chi connectivity index (χ4v) is 12.6. The largest absolute Gasteiger partial charge is 0.391 e. The molecule has 0 aromatic heterocycles. The summed E-state index contributed by atoms with van der Waals surface area (Å²) in [6.45, 7) is 0. The van der Waals surface area contributed by atoms with Crippen molar-refractivity contribution in [3.8, 4) is 0 Å². The van der Waals surface area contributed by atoms with Crippen molar-refractivity contribution in [1.82, 2.24) is 0 Å². The van der Waals surface area contributed by atoms with E-state index in [0.717, 1.165) is 46.0 Å². The van der Waals surface area contributed by atoms with Gasteiger partial charge in [-0.3, -0.25) is 0 Å². The fraction of sp³-hybridized carbons (Fsp3) is 1.00. The molecule has 0 aliphatic rings. The van der Waals surface area contributed by atoms with Gasteiger partial charge in [0.05, 0.1) is 24.4 Å². The normalized spacial score (nSPS) is 16.9. The number of hydrogen-bond acceptors (Lipinski definition) is 11.